The Kier molecular flexibility index (Phi) is 1.27. The molecule has 0 amide bonds. The van der Waals surface area contributed by atoms with E-state index in [1.807, 2.05) is 0 Å². The van der Waals surface area contributed by atoms with Gasteiger partial charge in [-0.15, -0.1) is 0 Å². The number of rotatable bonds is 1. The van der Waals surface area contributed by atoms with Crippen molar-refractivity contribution in [3.05, 3.63) is 0 Å². The van der Waals surface area contributed by atoms with Crippen molar-refractivity contribution in [3.63, 3.8) is 0 Å². The molecule has 56 valence electrons. The lowest BCUT2D eigenvalue weighted by Crippen LogP contribution is -2.42. The Morgan fingerprint density at radius 2 is 2.50 bits per heavy atom. The molecule has 10 heavy (non-hydrogen) atoms. The van der Waals surface area contributed by atoms with Crippen molar-refractivity contribution in [1.29, 1.82) is 0 Å². The van der Waals surface area contributed by atoms with Crippen molar-refractivity contribution in [2.75, 3.05) is 6.67 Å². The number of nitrogens with one attached hydrogen (secondary N) is 1. The summed E-state index contributed by atoms with van der Waals surface area (Å²) in [5.41, 5.74) is 0. The Morgan fingerprint density at radius 3 is 2.90 bits per heavy atom. The number of ketones is 1. The SMILES string of the molecule is O=C1CC2CC1NC2CF. The number of alkyl halides is 1. The van der Waals surface area contributed by atoms with E-state index in [9.17, 15) is 9.18 Å². The quantitative estimate of drug-likeness (QED) is 0.571. The molecule has 1 saturated heterocycles. The zero-order chi connectivity index (χ0) is 7.14. The number of hydrogen-bond donors (Lipinski definition) is 1. The molecule has 1 saturated carbocycles. The monoisotopic (exact) mass is 143 g/mol. The maximum absolute atomic E-state index is 12.1. The largest absolute Gasteiger partial charge is 0.302 e. The zero-order valence-electron chi connectivity index (χ0n) is 5.64. The van der Waals surface area contributed by atoms with E-state index in [0.29, 0.717) is 12.3 Å². The van der Waals surface area contributed by atoms with E-state index < -0.39 is 0 Å². The molecule has 2 rings (SSSR count). The fourth-order valence-corrected chi connectivity index (χ4v) is 1.95. The van der Waals surface area contributed by atoms with Crippen LogP contribution < -0.4 is 5.32 Å². The summed E-state index contributed by atoms with van der Waals surface area (Å²) in [5.74, 6) is 0.567. The van der Waals surface area contributed by atoms with Gasteiger partial charge in [0.2, 0.25) is 0 Å². The topological polar surface area (TPSA) is 29.1 Å². The first-order valence-corrected chi connectivity index (χ1v) is 3.66. The van der Waals surface area contributed by atoms with Gasteiger partial charge in [0.1, 0.15) is 12.5 Å². The van der Waals surface area contributed by atoms with Crippen LogP contribution in [0.15, 0.2) is 0 Å². The molecule has 0 aromatic rings. The highest BCUT2D eigenvalue weighted by atomic mass is 19.1. The Bertz CT molecular complexity index is 171. The standard InChI is InChI=1S/C7H10FNO/c8-3-6-4-1-5(9-6)7(10)2-4/h4-6,9H,1-3H2. The van der Waals surface area contributed by atoms with E-state index in [-0.39, 0.29) is 24.5 Å². The predicted octanol–water partition coefficient (Wildman–Crippen LogP) is 0.275. The average Bonchev–Trinajstić information content (AvgIpc) is 2.44. The molecule has 3 atom stereocenters. The van der Waals surface area contributed by atoms with E-state index in [1.165, 1.54) is 0 Å². The minimum absolute atomic E-state index is 0.00856. The Hall–Kier alpha value is -0.440. The fourth-order valence-electron chi connectivity index (χ4n) is 1.95. The summed E-state index contributed by atoms with van der Waals surface area (Å²) in [6, 6.07) is -0.0338. The van der Waals surface area contributed by atoms with Crippen molar-refractivity contribution < 1.29 is 9.18 Å². The number of Topliss-reactive ketones (excluding diaryl/α,β-unsaturated/α-hetero) is 1. The van der Waals surface area contributed by atoms with Gasteiger partial charge >= 0.3 is 0 Å². The number of halogens is 1. The summed E-state index contributed by atoms with van der Waals surface area (Å²) < 4.78 is 12.1. The van der Waals surface area contributed by atoms with Gasteiger partial charge in [-0.3, -0.25) is 4.79 Å². The van der Waals surface area contributed by atoms with Gasteiger partial charge in [0, 0.05) is 12.5 Å². The smallest absolute Gasteiger partial charge is 0.150 e. The maximum Gasteiger partial charge on any atom is 0.150 e. The van der Waals surface area contributed by atoms with E-state index >= 15 is 0 Å². The molecule has 1 aliphatic heterocycles. The Morgan fingerprint density at radius 1 is 1.70 bits per heavy atom. The van der Waals surface area contributed by atoms with Crippen LogP contribution in [0.5, 0.6) is 0 Å². The first-order valence-electron chi connectivity index (χ1n) is 3.66. The van der Waals surface area contributed by atoms with Gasteiger partial charge in [0.15, 0.2) is 0 Å². The molecular weight excluding hydrogens is 133 g/mol. The molecule has 3 heteroatoms. The van der Waals surface area contributed by atoms with E-state index in [2.05, 4.69) is 5.32 Å². The second kappa shape index (κ2) is 2.02. The van der Waals surface area contributed by atoms with Crippen LogP contribution in [0.1, 0.15) is 12.8 Å². The molecule has 2 nitrogen and oxygen atoms in total. The fraction of sp³-hybridized carbons (Fsp3) is 0.857. The van der Waals surface area contributed by atoms with Gasteiger partial charge in [-0.05, 0) is 12.3 Å². The summed E-state index contributed by atoms with van der Waals surface area (Å²) in [4.78, 5) is 10.9. The van der Waals surface area contributed by atoms with Crippen LogP contribution >= 0.6 is 0 Å². The summed E-state index contributed by atoms with van der Waals surface area (Å²) in [5, 5.41) is 2.97. The Balaban J connectivity index is 2.09. The molecule has 0 spiro atoms. The third-order valence-electron chi connectivity index (χ3n) is 2.54. The molecule has 2 fully saturated rings. The lowest BCUT2D eigenvalue weighted by Gasteiger charge is -2.18. The first kappa shape index (κ1) is 6.28. The molecule has 2 aliphatic rings. The number of carbonyl (C=O) groups is 1. The van der Waals surface area contributed by atoms with E-state index in [0.717, 1.165) is 6.42 Å². The number of fused-ring (bicyclic) bond motifs is 2. The van der Waals surface area contributed by atoms with Gasteiger partial charge < -0.3 is 5.32 Å². The second-order valence-electron chi connectivity index (χ2n) is 3.15. The molecule has 0 aromatic heterocycles. The molecule has 1 heterocycles. The highest BCUT2D eigenvalue weighted by Crippen LogP contribution is 2.32. The molecule has 0 aromatic carbocycles. The van der Waals surface area contributed by atoms with Crippen LogP contribution in [0.3, 0.4) is 0 Å². The molecular formula is C7H10FNO. The van der Waals surface area contributed by atoms with Crippen molar-refractivity contribution in [1.82, 2.24) is 5.32 Å². The van der Waals surface area contributed by atoms with Crippen molar-refractivity contribution in [2.45, 2.75) is 24.9 Å². The maximum atomic E-state index is 12.1. The van der Waals surface area contributed by atoms with E-state index in [4.69, 9.17) is 0 Å². The van der Waals surface area contributed by atoms with Crippen molar-refractivity contribution in [2.24, 2.45) is 5.92 Å². The predicted molar refractivity (Wildman–Crippen MR) is 34.4 cm³/mol. The van der Waals surface area contributed by atoms with Gasteiger partial charge in [0.05, 0.1) is 6.04 Å². The molecule has 0 radical (unpaired) electrons. The minimum atomic E-state index is -0.325. The van der Waals surface area contributed by atoms with Gasteiger partial charge in [-0.1, -0.05) is 0 Å². The third kappa shape index (κ3) is 0.700. The normalized spacial score (nSPS) is 44.9. The van der Waals surface area contributed by atoms with Crippen molar-refractivity contribution >= 4 is 5.78 Å². The lowest BCUT2D eigenvalue weighted by atomic mass is 10.0. The van der Waals surface area contributed by atoms with Crippen LogP contribution in [-0.2, 0) is 4.79 Å². The van der Waals surface area contributed by atoms with Gasteiger partial charge in [-0.2, -0.15) is 0 Å². The first-order chi connectivity index (χ1) is 4.81. The summed E-state index contributed by atoms with van der Waals surface area (Å²) in [7, 11) is 0. The minimum Gasteiger partial charge on any atom is -0.302 e. The third-order valence-corrected chi connectivity index (χ3v) is 2.54. The van der Waals surface area contributed by atoms with Gasteiger partial charge in [0.25, 0.3) is 0 Å². The molecule has 1 N–H and O–H groups in total. The van der Waals surface area contributed by atoms with Crippen molar-refractivity contribution in [3.8, 4) is 0 Å². The van der Waals surface area contributed by atoms with Gasteiger partial charge in [-0.25, -0.2) is 4.39 Å². The highest BCUT2D eigenvalue weighted by Gasteiger charge is 2.44. The highest BCUT2D eigenvalue weighted by molar-refractivity contribution is 5.87. The summed E-state index contributed by atoms with van der Waals surface area (Å²) in [6.45, 7) is -0.325. The molecule has 2 bridgehead atoms. The van der Waals surface area contributed by atoms with Crippen LogP contribution in [-0.4, -0.2) is 24.5 Å². The molecule has 1 aliphatic carbocycles. The van der Waals surface area contributed by atoms with Crippen LogP contribution in [0, 0.1) is 5.92 Å². The lowest BCUT2D eigenvalue weighted by molar-refractivity contribution is -0.120. The van der Waals surface area contributed by atoms with Crippen LogP contribution in [0.2, 0.25) is 0 Å². The zero-order valence-corrected chi connectivity index (χ0v) is 5.64. The van der Waals surface area contributed by atoms with Crippen LogP contribution in [0.4, 0.5) is 4.39 Å². The number of piperidine rings is 1. The summed E-state index contributed by atoms with van der Waals surface area (Å²) >= 11 is 0. The number of carbonyl (C=O) groups excluding carboxylic acids is 1. The molecule has 3 unspecified atom stereocenters. The Labute approximate surface area is 58.8 Å². The van der Waals surface area contributed by atoms with Crippen LogP contribution in [0.25, 0.3) is 0 Å². The van der Waals surface area contributed by atoms with E-state index in [1.54, 1.807) is 0 Å². The number of hydrogen-bond acceptors (Lipinski definition) is 2. The summed E-state index contributed by atoms with van der Waals surface area (Å²) in [6.07, 6.45) is 1.47. The second-order valence-corrected chi connectivity index (χ2v) is 3.15. The average molecular weight is 143 g/mol.